The van der Waals surface area contributed by atoms with Gasteiger partial charge in [0.15, 0.2) is 6.10 Å². The second-order valence-corrected chi connectivity index (χ2v) is 18.8. The van der Waals surface area contributed by atoms with Crippen LogP contribution in [0.4, 0.5) is 0 Å². The van der Waals surface area contributed by atoms with Gasteiger partial charge in [-0.05, 0) is 25.2 Å². The summed E-state index contributed by atoms with van der Waals surface area (Å²) in [6.07, 6.45) is 50.8. The molecule has 0 rings (SSSR count). The molecule has 0 bridgehead atoms. The highest BCUT2D eigenvalue weighted by atomic mass is 16.6. The van der Waals surface area contributed by atoms with Gasteiger partial charge in [-0.2, -0.15) is 0 Å². The number of hydrogen-bond donors (Lipinski definition) is 0. The number of hydrogen-bond acceptors (Lipinski definition) is 6. The second-order valence-electron chi connectivity index (χ2n) is 18.8. The van der Waals surface area contributed by atoms with Crippen LogP contribution in [0.1, 0.15) is 304 Å². The minimum absolute atomic E-state index is 0.0629. The van der Waals surface area contributed by atoms with Gasteiger partial charge in [-0.1, -0.05) is 265 Å². The van der Waals surface area contributed by atoms with Crippen molar-refractivity contribution >= 4 is 17.9 Å². The molecule has 60 heavy (non-hydrogen) atoms. The van der Waals surface area contributed by atoms with E-state index < -0.39 is 6.10 Å². The Labute approximate surface area is 374 Å². The van der Waals surface area contributed by atoms with Gasteiger partial charge >= 0.3 is 17.9 Å². The zero-order valence-corrected chi connectivity index (χ0v) is 40.9. The van der Waals surface area contributed by atoms with Crippen molar-refractivity contribution in [3.8, 4) is 0 Å². The van der Waals surface area contributed by atoms with E-state index in [1.165, 1.54) is 199 Å². The van der Waals surface area contributed by atoms with Crippen LogP contribution < -0.4 is 0 Å². The number of unbranched alkanes of at least 4 members (excludes halogenated alkanes) is 35. The Morgan fingerprint density at radius 1 is 0.333 bits per heavy atom. The van der Waals surface area contributed by atoms with Crippen LogP contribution in [-0.4, -0.2) is 37.2 Å². The normalized spacial score (nSPS) is 12.4. The first-order valence-corrected chi connectivity index (χ1v) is 26.9. The third-order valence-corrected chi connectivity index (χ3v) is 12.7. The van der Waals surface area contributed by atoms with E-state index in [1.807, 2.05) is 0 Å². The molecular formula is C54H104O6. The summed E-state index contributed by atoms with van der Waals surface area (Å²) in [5.74, 6) is 0.00430. The van der Waals surface area contributed by atoms with E-state index >= 15 is 0 Å². The summed E-state index contributed by atoms with van der Waals surface area (Å²) in [5, 5.41) is 0. The molecule has 6 nitrogen and oxygen atoms in total. The lowest BCUT2D eigenvalue weighted by Gasteiger charge is -2.18. The van der Waals surface area contributed by atoms with Crippen molar-refractivity contribution in [1.29, 1.82) is 0 Å². The van der Waals surface area contributed by atoms with E-state index in [-0.39, 0.29) is 31.1 Å². The Hall–Kier alpha value is -1.59. The zero-order chi connectivity index (χ0) is 43.8. The molecule has 0 saturated heterocycles. The molecule has 0 aliphatic heterocycles. The van der Waals surface area contributed by atoms with Crippen molar-refractivity contribution in [3.05, 3.63) is 0 Å². The molecule has 0 radical (unpaired) electrons. The molecule has 0 fully saturated rings. The fraction of sp³-hybridized carbons (Fsp3) is 0.944. The summed E-state index contributed by atoms with van der Waals surface area (Å²) in [6.45, 7) is 9.04. The third-order valence-electron chi connectivity index (χ3n) is 12.7. The molecule has 0 aliphatic carbocycles. The van der Waals surface area contributed by atoms with Crippen molar-refractivity contribution in [3.63, 3.8) is 0 Å². The highest BCUT2D eigenvalue weighted by Crippen LogP contribution is 2.18. The van der Waals surface area contributed by atoms with Crippen molar-refractivity contribution < 1.29 is 28.6 Å². The second kappa shape index (κ2) is 48.4. The topological polar surface area (TPSA) is 78.9 Å². The van der Waals surface area contributed by atoms with Crippen LogP contribution in [0.2, 0.25) is 0 Å². The maximum absolute atomic E-state index is 12.8. The summed E-state index contributed by atoms with van der Waals surface area (Å²) in [4.78, 5) is 38.0. The molecule has 0 aromatic rings. The molecule has 0 amide bonds. The minimum atomic E-state index is -0.761. The fourth-order valence-corrected chi connectivity index (χ4v) is 8.19. The van der Waals surface area contributed by atoms with Crippen molar-refractivity contribution in [2.75, 3.05) is 13.2 Å². The number of ether oxygens (including phenoxy) is 3. The Morgan fingerprint density at radius 2 is 0.583 bits per heavy atom. The van der Waals surface area contributed by atoms with Gasteiger partial charge in [0.1, 0.15) is 13.2 Å². The predicted molar refractivity (Wildman–Crippen MR) is 257 cm³/mol. The highest BCUT2D eigenvalue weighted by Gasteiger charge is 2.19. The Balaban J connectivity index is 4.29. The van der Waals surface area contributed by atoms with Crippen molar-refractivity contribution in [2.45, 2.75) is 310 Å². The van der Waals surface area contributed by atoms with Gasteiger partial charge < -0.3 is 14.2 Å². The molecular weight excluding hydrogens is 745 g/mol. The maximum atomic E-state index is 12.8. The van der Waals surface area contributed by atoms with Crippen LogP contribution in [0.3, 0.4) is 0 Å². The lowest BCUT2D eigenvalue weighted by Crippen LogP contribution is -2.30. The van der Waals surface area contributed by atoms with Crippen LogP contribution >= 0.6 is 0 Å². The van der Waals surface area contributed by atoms with E-state index in [0.717, 1.165) is 63.7 Å². The zero-order valence-electron chi connectivity index (χ0n) is 40.9. The number of esters is 3. The van der Waals surface area contributed by atoms with Gasteiger partial charge in [0.25, 0.3) is 0 Å². The van der Waals surface area contributed by atoms with Gasteiger partial charge in [0.05, 0.1) is 0 Å². The van der Waals surface area contributed by atoms with Crippen molar-refractivity contribution in [2.24, 2.45) is 5.92 Å². The van der Waals surface area contributed by atoms with E-state index in [2.05, 4.69) is 27.7 Å². The first-order valence-electron chi connectivity index (χ1n) is 26.9. The minimum Gasteiger partial charge on any atom is -0.462 e. The largest absolute Gasteiger partial charge is 0.462 e. The molecule has 0 spiro atoms. The van der Waals surface area contributed by atoms with Crippen molar-refractivity contribution in [1.82, 2.24) is 0 Å². The standard InChI is InChI=1S/C54H104O6/c1-5-8-10-12-14-16-18-20-21-22-23-24-25-27-29-35-39-43-47-54(57)60-51(48-58-52(55)45-41-37-33-28-26-19-17-15-13-11-9-6-2)49-59-53(56)46-42-38-34-31-30-32-36-40-44-50(4)7-3/h50-51H,5-49H2,1-4H3/t50?,51-/m1/s1. The van der Waals surface area contributed by atoms with Gasteiger partial charge in [0, 0.05) is 19.3 Å². The third kappa shape index (κ3) is 45.9. The quantitative estimate of drug-likeness (QED) is 0.0345. The number of carbonyl (C=O) groups is 3. The number of carbonyl (C=O) groups excluding carboxylic acids is 3. The lowest BCUT2D eigenvalue weighted by molar-refractivity contribution is -0.167. The summed E-state index contributed by atoms with van der Waals surface area (Å²) in [5.41, 5.74) is 0. The van der Waals surface area contributed by atoms with Crippen LogP contribution in [0.15, 0.2) is 0 Å². The van der Waals surface area contributed by atoms with Crippen LogP contribution in [0, 0.1) is 5.92 Å². The highest BCUT2D eigenvalue weighted by molar-refractivity contribution is 5.71. The van der Waals surface area contributed by atoms with Gasteiger partial charge in [-0.15, -0.1) is 0 Å². The molecule has 0 aliphatic rings. The fourth-order valence-electron chi connectivity index (χ4n) is 8.19. The SMILES string of the molecule is CCCCCCCCCCCCCCCCCCCCC(=O)O[C@H](COC(=O)CCCCCCCCCCCCCC)COC(=O)CCCCCCCCCCC(C)CC. The monoisotopic (exact) mass is 849 g/mol. The van der Waals surface area contributed by atoms with E-state index in [4.69, 9.17) is 14.2 Å². The van der Waals surface area contributed by atoms with Crippen LogP contribution in [-0.2, 0) is 28.6 Å². The van der Waals surface area contributed by atoms with Gasteiger partial charge in [0.2, 0.25) is 0 Å². The number of rotatable bonds is 49. The lowest BCUT2D eigenvalue weighted by atomic mass is 9.99. The summed E-state index contributed by atoms with van der Waals surface area (Å²) in [6, 6.07) is 0. The molecule has 0 heterocycles. The van der Waals surface area contributed by atoms with E-state index in [0.29, 0.717) is 19.3 Å². The Morgan fingerprint density at radius 3 is 0.867 bits per heavy atom. The van der Waals surface area contributed by atoms with Gasteiger partial charge in [-0.25, -0.2) is 0 Å². The summed E-state index contributed by atoms with van der Waals surface area (Å²) >= 11 is 0. The summed E-state index contributed by atoms with van der Waals surface area (Å²) in [7, 11) is 0. The van der Waals surface area contributed by atoms with Gasteiger partial charge in [-0.3, -0.25) is 14.4 Å². The summed E-state index contributed by atoms with van der Waals surface area (Å²) < 4.78 is 16.8. The van der Waals surface area contributed by atoms with E-state index in [9.17, 15) is 14.4 Å². The predicted octanol–water partition coefficient (Wildman–Crippen LogP) is 17.5. The van der Waals surface area contributed by atoms with E-state index in [1.54, 1.807) is 0 Å². The maximum Gasteiger partial charge on any atom is 0.306 e. The first-order chi connectivity index (χ1) is 29.4. The van der Waals surface area contributed by atoms with Crippen LogP contribution in [0.5, 0.6) is 0 Å². The molecule has 0 aromatic heterocycles. The molecule has 356 valence electrons. The Bertz CT molecular complexity index is 905. The average molecular weight is 849 g/mol. The molecule has 0 aromatic carbocycles. The Kier molecular flexibility index (Phi) is 47.2. The average Bonchev–Trinajstić information content (AvgIpc) is 3.25. The molecule has 2 atom stereocenters. The van der Waals surface area contributed by atoms with Crippen LogP contribution in [0.25, 0.3) is 0 Å². The smallest absolute Gasteiger partial charge is 0.306 e. The molecule has 6 heteroatoms. The molecule has 0 saturated carbocycles. The first kappa shape index (κ1) is 58.4. The molecule has 0 N–H and O–H groups in total. The molecule has 1 unspecified atom stereocenters.